The third-order valence-electron chi connectivity index (χ3n) is 3.27. The molecule has 1 unspecified atom stereocenters. The summed E-state index contributed by atoms with van der Waals surface area (Å²) in [6.07, 6.45) is 4.37. The molecular weight excluding hydrogens is 252 g/mol. The number of aromatic nitrogens is 2. The van der Waals surface area contributed by atoms with Crippen LogP contribution in [0, 0.1) is 0 Å². The lowest BCUT2D eigenvalue weighted by atomic mass is 10.1. The first kappa shape index (κ1) is 14.3. The predicted molar refractivity (Wildman–Crippen MR) is 80.4 cm³/mol. The van der Waals surface area contributed by atoms with E-state index >= 15 is 0 Å². The van der Waals surface area contributed by atoms with Crippen LogP contribution in [0.3, 0.4) is 0 Å². The van der Waals surface area contributed by atoms with E-state index in [4.69, 9.17) is 0 Å². The van der Waals surface area contributed by atoms with Gasteiger partial charge >= 0.3 is 0 Å². The summed E-state index contributed by atoms with van der Waals surface area (Å²) in [6, 6.07) is 7.64. The van der Waals surface area contributed by atoms with Gasteiger partial charge in [-0.15, -0.1) is 0 Å². The van der Waals surface area contributed by atoms with Crippen molar-refractivity contribution in [2.24, 2.45) is 0 Å². The van der Waals surface area contributed by atoms with Crippen molar-refractivity contribution in [2.45, 2.75) is 19.4 Å². The molecule has 2 rings (SSSR count). The first-order valence-electron chi connectivity index (χ1n) is 6.68. The van der Waals surface area contributed by atoms with Gasteiger partial charge in [-0.25, -0.2) is 0 Å². The Morgan fingerprint density at radius 3 is 2.80 bits per heavy atom. The SMILES string of the molecule is CCC(C(=O)Nc1cccc(-c2cn[nH]c2)c1)N(C)C. The number of rotatable bonds is 5. The molecule has 106 valence electrons. The van der Waals surface area contributed by atoms with Crippen molar-refractivity contribution < 1.29 is 4.79 Å². The van der Waals surface area contributed by atoms with Crippen molar-refractivity contribution >= 4 is 11.6 Å². The normalized spacial score (nSPS) is 12.4. The van der Waals surface area contributed by atoms with Gasteiger partial charge in [0.05, 0.1) is 12.2 Å². The average molecular weight is 272 g/mol. The zero-order valence-corrected chi connectivity index (χ0v) is 12.1. The molecule has 0 saturated heterocycles. The van der Waals surface area contributed by atoms with Crippen LogP contribution in [0.25, 0.3) is 11.1 Å². The summed E-state index contributed by atoms with van der Waals surface area (Å²) in [5.74, 6) is 0.0156. The van der Waals surface area contributed by atoms with Gasteiger partial charge in [0, 0.05) is 17.4 Å². The van der Waals surface area contributed by atoms with E-state index in [-0.39, 0.29) is 11.9 Å². The minimum absolute atomic E-state index is 0.0156. The molecule has 1 aromatic carbocycles. The van der Waals surface area contributed by atoms with E-state index in [2.05, 4.69) is 15.5 Å². The Labute approximate surface area is 119 Å². The summed E-state index contributed by atoms with van der Waals surface area (Å²) in [5.41, 5.74) is 2.82. The number of aromatic amines is 1. The number of nitrogens with one attached hydrogen (secondary N) is 2. The van der Waals surface area contributed by atoms with Gasteiger partial charge in [-0.05, 0) is 38.2 Å². The van der Waals surface area contributed by atoms with Gasteiger partial charge in [0.25, 0.3) is 0 Å². The highest BCUT2D eigenvalue weighted by atomic mass is 16.2. The van der Waals surface area contributed by atoms with Crippen LogP contribution in [0.15, 0.2) is 36.7 Å². The molecule has 0 aliphatic rings. The lowest BCUT2D eigenvalue weighted by molar-refractivity contribution is -0.120. The largest absolute Gasteiger partial charge is 0.325 e. The molecular formula is C15H20N4O. The Morgan fingerprint density at radius 2 is 2.20 bits per heavy atom. The Bertz CT molecular complexity index is 563. The molecule has 0 spiro atoms. The van der Waals surface area contributed by atoms with Crippen molar-refractivity contribution in [3.63, 3.8) is 0 Å². The number of H-pyrrole nitrogens is 1. The van der Waals surface area contributed by atoms with Gasteiger partial charge in [0.1, 0.15) is 0 Å². The van der Waals surface area contributed by atoms with E-state index in [9.17, 15) is 4.79 Å². The highest BCUT2D eigenvalue weighted by Gasteiger charge is 2.18. The van der Waals surface area contributed by atoms with Crippen LogP contribution in [0.1, 0.15) is 13.3 Å². The van der Waals surface area contributed by atoms with Crippen LogP contribution in [0.4, 0.5) is 5.69 Å². The standard InChI is InChI=1S/C15H20N4O/c1-4-14(19(2)3)15(20)18-13-7-5-6-11(8-13)12-9-16-17-10-12/h5-10,14H,4H2,1-3H3,(H,16,17)(H,18,20). The molecule has 1 heterocycles. The maximum Gasteiger partial charge on any atom is 0.241 e. The van der Waals surface area contributed by atoms with Crippen molar-refractivity contribution in [3.8, 4) is 11.1 Å². The second-order valence-electron chi connectivity index (χ2n) is 4.94. The number of hydrogen-bond acceptors (Lipinski definition) is 3. The number of nitrogens with zero attached hydrogens (tertiary/aromatic N) is 2. The van der Waals surface area contributed by atoms with E-state index < -0.39 is 0 Å². The number of carbonyl (C=O) groups excluding carboxylic acids is 1. The molecule has 1 atom stereocenters. The average Bonchev–Trinajstić information content (AvgIpc) is 2.93. The summed E-state index contributed by atoms with van der Waals surface area (Å²) in [5, 5.41) is 9.69. The maximum atomic E-state index is 12.2. The molecule has 5 nitrogen and oxygen atoms in total. The first-order chi connectivity index (χ1) is 9.61. The molecule has 20 heavy (non-hydrogen) atoms. The van der Waals surface area contributed by atoms with E-state index in [1.165, 1.54) is 0 Å². The molecule has 0 aliphatic carbocycles. The molecule has 0 aliphatic heterocycles. The molecule has 2 N–H and O–H groups in total. The third kappa shape index (κ3) is 3.24. The smallest absolute Gasteiger partial charge is 0.241 e. The van der Waals surface area contributed by atoms with Crippen LogP contribution in [0.5, 0.6) is 0 Å². The number of likely N-dealkylation sites (N-methyl/N-ethyl adjacent to an activating group) is 1. The molecule has 0 fully saturated rings. The molecule has 5 heteroatoms. The predicted octanol–water partition coefficient (Wildman–Crippen LogP) is 2.36. The molecule has 1 aromatic heterocycles. The van der Waals surface area contributed by atoms with Gasteiger partial charge < -0.3 is 5.32 Å². The second-order valence-corrected chi connectivity index (χ2v) is 4.94. The molecule has 0 radical (unpaired) electrons. The maximum absolute atomic E-state index is 12.2. The highest BCUT2D eigenvalue weighted by Crippen LogP contribution is 2.21. The molecule has 0 saturated carbocycles. The highest BCUT2D eigenvalue weighted by molar-refractivity contribution is 5.95. The number of amides is 1. The van der Waals surface area contributed by atoms with Crippen molar-refractivity contribution in [3.05, 3.63) is 36.7 Å². The number of carbonyl (C=O) groups is 1. The third-order valence-corrected chi connectivity index (χ3v) is 3.27. The second kappa shape index (κ2) is 6.34. The van der Waals surface area contributed by atoms with Gasteiger partial charge in [-0.1, -0.05) is 19.1 Å². The van der Waals surface area contributed by atoms with E-state index in [1.54, 1.807) is 6.20 Å². The van der Waals surface area contributed by atoms with Crippen LogP contribution >= 0.6 is 0 Å². The first-order valence-corrected chi connectivity index (χ1v) is 6.68. The summed E-state index contributed by atoms with van der Waals surface area (Å²) < 4.78 is 0. The lowest BCUT2D eigenvalue weighted by Crippen LogP contribution is -2.39. The van der Waals surface area contributed by atoms with E-state index in [0.717, 1.165) is 23.2 Å². The van der Waals surface area contributed by atoms with Crippen molar-refractivity contribution in [1.29, 1.82) is 0 Å². The Balaban J connectivity index is 2.14. The van der Waals surface area contributed by atoms with Crippen LogP contribution in [-0.4, -0.2) is 41.1 Å². The lowest BCUT2D eigenvalue weighted by Gasteiger charge is -2.21. The van der Waals surface area contributed by atoms with Crippen molar-refractivity contribution in [1.82, 2.24) is 15.1 Å². The zero-order valence-electron chi connectivity index (χ0n) is 12.1. The number of anilines is 1. The monoisotopic (exact) mass is 272 g/mol. The van der Waals surface area contributed by atoms with Crippen LogP contribution in [-0.2, 0) is 4.79 Å². The number of hydrogen-bond donors (Lipinski definition) is 2. The molecule has 1 amide bonds. The van der Waals surface area contributed by atoms with Gasteiger partial charge in [0.15, 0.2) is 0 Å². The Hall–Kier alpha value is -2.14. The minimum atomic E-state index is -0.118. The van der Waals surface area contributed by atoms with Crippen LogP contribution in [0.2, 0.25) is 0 Å². The minimum Gasteiger partial charge on any atom is -0.325 e. The topological polar surface area (TPSA) is 61.0 Å². The fourth-order valence-electron chi connectivity index (χ4n) is 2.20. The zero-order chi connectivity index (χ0) is 14.5. The van der Waals surface area contributed by atoms with Crippen LogP contribution < -0.4 is 5.32 Å². The van der Waals surface area contributed by atoms with Gasteiger partial charge in [-0.3, -0.25) is 14.8 Å². The van der Waals surface area contributed by atoms with Crippen molar-refractivity contribution in [2.75, 3.05) is 19.4 Å². The summed E-state index contributed by atoms with van der Waals surface area (Å²) in [7, 11) is 3.82. The Kier molecular flexibility index (Phi) is 4.53. The Morgan fingerprint density at radius 1 is 1.40 bits per heavy atom. The molecule has 2 aromatic rings. The fourth-order valence-corrected chi connectivity index (χ4v) is 2.20. The summed E-state index contributed by atoms with van der Waals surface area (Å²) in [4.78, 5) is 14.1. The summed E-state index contributed by atoms with van der Waals surface area (Å²) in [6.45, 7) is 2.01. The number of benzene rings is 1. The van der Waals surface area contributed by atoms with E-state index in [0.29, 0.717) is 0 Å². The molecule has 0 bridgehead atoms. The van der Waals surface area contributed by atoms with E-state index in [1.807, 2.05) is 56.4 Å². The van der Waals surface area contributed by atoms with Gasteiger partial charge in [-0.2, -0.15) is 5.10 Å². The quantitative estimate of drug-likeness (QED) is 0.878. The fraction of sp³-hybridized carbons (Fsp3) is 0.333. The van der Waals surface area contributed by atoms with Gasteiger partial charge in [0.2, 0.25) is 5.91 Å². The summed E-state index contributed by atoms with van der Waals surface area (Å²) >= 11 is 0.